The van der Waals surface area contributed by atoms with Gasteiger partial charge in [-0.05, 0) is 37.2 Å². The third kappa shape index (κ3) is 9.65. The Morgan fingerprint density at radius 2 is 1.74 bits per heavy atom. The smallest absolute Gasteiger partial charge is 0.268 e. The van der Waals surface area contributed by atoms with Gasteiger partial charge in [0.05, 0.1) is 46.7 Å². The van der Waals surface area contributed by atoms with E-state index >= 15 is 0 Å². The summed E-state index contributed by atoms with van der Waals surface area (Å²) in [6.45, 7) is 14.7. The first-order valence-electron chi connectivity index (χ1n) is 14.5. The Hall–Kier alpha value is -3.25. The van der Waals surface area contributed by atoms with Gasteiger partial charge >= 0.3 is 0 Å². The van der Waals surface area contributed by atoms with Crippen LogP contribution in [0.4, 0.5) is 5.82 Å². The highest BCUT2D eigenvalue weighted by atomic mass is 35.5. The zero-order valence-corrected chi connectivity index (χ0v) is 30.4. The number of anilines is 1. The number of carbonyl (C=O) groups excluding carboxylic acids is 1. The maximum Gasteiger partial charge on any atom is 0.268 e. The number of hydrogen-bond acceptors (Lipinski definition) is 11. The molecule has 4 heterocycles. The number of rotatable bonds is 9. The highest BCUT2D eigenvalue weighted by Gasteiger charge is 2.42. The molecule has 18 heteroatoms. The van der Waals surface area contributed by atoms with Crippen molar-refractivity contribution in [2.75, 3.05) is 31.2 Å². The quantitative estimate of drug-likeness (QED) is 0.178. The van der Waals surface area contributed by atoms with Gasteiger partial charge in [-0.2, -0.15) is 13.5 Å². The van der Waals surface area contributed by atoms with Gasteiger partial charge in [0.2, 0.25) is 5.88 Å². The molecule has 3 aromatic heterocycles. The van der Waals surface area contributed by atoms with Crippen molar-refractivity contribution in [1.29, 1.82) is 0 Å². The lowest BCUT2D eigenvalue weighted by molar-refractivity contribution is -0.125. The molecule has 1 aliphatic heterocycles. The second-order valence-electron chi connectivity index (χ2n) is 12.6. The Morgan fingerprint density at radius 3 is 2.32 bits per heavy atom. The van der Waals surface area contributed by atoms with E-state index in [-0.39, 0.29) is 22.9 Å². The summed E-state index contributed by atoms with van der Waals surface area (Å²) in [4.78, 5) is 32.9. The van der Waals surface area contributed by atoms with Crippen LogP contribution in [0, 0.1) is 6.92 Å². The van der Waals surface area contributed by atoms with Crippen LogP contribution in [0.1, 0.15) is 26.5 Å². The number of nitrogens with one attached hydrogen (secondary N) is 1. The molecule has 14 nitrogen and oxygen atoms in total. The predicted molar refractivity (Wildman–Crippen MR) is 182 cm³/mol. The third-order valence-corrected chi connectivity index (χ3v) is 12.8. The molecule has 254 valence electrons. The van der Waals surface area contributed by atoms with Crippen molar-refractivity contribution in [3.63, 3.8) is 0 Å². The zero-order valence-electron chi connectivity index (χ0n) is 27.1. The maximum absolute atomic E-state index is 13.5. The number of amides is 1. The Bertz CT molecular complexity index is 1800. The second kappa shape index (κ2) is 14.5. The van der Waals surface area contributed by atoms with Gasteiger partial charge in [-0.15, -0.1) is 0 Å². The standard InChI is InChI=1S/C28H34Cl2N8O3Si.CH4O3S/c1-17-10-32-23(12-31-17)36-26(39)22(15-37-13-18(14-37)41-42(5,6)28(2,3)4)40-27-19-11-35-38(25(19)33-16-34-27)24-20(29)8-7-9-21(24)30;1-5(2,3)4/h7-12,16,18,22H,13-15H2,1-6H3,(H,32,36,39);1H3,(H,2,3,4)/t22-;/m0./s1. The van der Waals surface area contributed by atoms with Crippen molar-refractivity contribution in [2.45, 2.75) is 58.0 Å². The van der Waals surface area contributed by atoms with E-state index in [0.717, 1.165) is 5.69 Å². The fourth-order valence-corrected chi connectivity index (χ4v) is 6.21. The van der Waals surface area contributed by atoms with E-state index in [1.54, 1.807) is 30.6 Å². The summed E-state index contributed by atoms with van der Waals surface area (Å²) in [6.07, 6.45) is 5.93. The molecule has 1 amide bonds. The molecule has 47 heavy (non-hydrogen) atoms. The fourth-order valence-electron chi connectivity index (χ4n) is 4.32. The van der Waals surface area contributed by atoms with Crippen LogP contribution in [0.5, 0.6) is 5.88 Å². The van der Waals surface area contributed by atoms with E-state index in [9.17, 15) is 13.2 Å². The molecule has 0 spiro atoms. The van der Waals surface area contributed by atoms with Crippen LogP contribution >= 0.6 is 23.2 Å². The van der Waals surface area contributed by atoms with Gasteiger partial charge < -0.3 is 14.5 Å². The average Bonchev–Trinajstić information content (AvgIpc) is 3.35. The van der Waals surface area contributed by atoms with Crippen LogP contribution in [-0.4, -0.2) is 99.9 Å². The number of fused-ring (bicyclic) bond motifs is 1. The van der Waals surface area contributed by atoms with Gasteiger partial charge in [0, 0.05) is 19.6 Å². The number of aryl methyl sites for hydroxylation is 1. The monoisotopic (exact) mass is 724 g/mol. The van der Waals surface area contributed by atoms with Crippen molar-refractivity contribution in [2.24, 2.45) is 0 Å². The number of para-hydroxylation sites is 1. The number of carbonyl (C=O) groups is 1. The SMILES string of the molecule is CS(=O)(=O)O.Cc1cnc(NC(=O)[C@H](CN2CC(O[Si](C)(C)C(C)(C)C)C2)Oc2ncnc3c2cnn3-c2c(Cl)cccc2Cl)cn1. The van der Waals surface area contributed by atoms with Crippen molar-refractivity contribution in [3.05, 3.63) is 58.9 Å². The summed E-state index contributed by atoms with van der Waals surface area (Å²) in [5.41, 5.74) is 1.67. The number of halogens is 2. The molecule has 1 aromatic carbocycles. The van der Waals surface area contributed by atoms with E-state index in [4.69, 9.17) is 36.9 Å². The molecular weight excluding hydrogens is 687 g/mol. The third-order valence-electron chi connectivity index (χ3n) is 7.67. The molecule has 0 bridgehead atoms. The van der Waals surface area contributed by atoms with Crippen molar-refractivity contribution in [1.82, 2.24) is 34.6 Å². The first kappa shape index (κ1) is 36.6. The van der Waals surface area contributed by atoms with Gasteiger partial charge in [0.1, 0.15) is 17.4 Å². The number of aromatic nitrogens is 6. The highest BCUT2D eigenvalue weighted by Crippen LogP contribution is 2.38. The van der Waals surface area contributed by atoms with Gasteiger partial charge in [0.15, 0.2) is 25.9 Å². The highest BCUT2D eigenvalue weighted by molar-refractivity contribution is 7.85. The number of nitrogens with zero attached hydrogens (tertiary/aromatic N) is 7. The first-order valence-corrected chi connectivity index (χ1v) is 20.1. The Morgan fingerprint density at radius 1 is 1.11 bits per heavy atom. The maximum atomic E-state index is 13.5. The Balaban J connectivity index is 0.000000930. The molecular formula is C29H38Cl2N8O6SSi. The molecule has 1 saturated heterocycles. The topological polar surface area (TPSA) is 175 Å². The second-order valence-corrected chi connectivity index (χ2v) is 19.7. The summed E-state index contributed by atoms with van der Waals surface area (Å²) in [6, 6.07) is 5.19. The van der Waals surface area contributed by atoms with E-state index in [1.807, 2.05) is 6.92 Å². The summed E-state index contributed by atoms with van der Waals surface area (Å²) in [7, 11) is -5.57. The van der Waals surface area contributed by atoms with Crippen LogP contribution in [0.25, 0.3) is 16.7 Å². The largest absolute Gasteiger partial charge is 0.462 e. The lowest BCUT2D eigenvalue weighted by Crippen LogP contribution is -2.60. The molecule has 0 unspecified atom stereocenters. The van der Waals surface area contributed by atoms with E-state index < -0.39 is 24.5 Å². The minimum Gasteiger partial charge on any atom is -0.462 e. The minimum atomic E-state index is -3.67. The van der Waals surface area contributed by atoms with Crippen molar-refractivity contribution < 1.29 is 26.9 Å². The van der Waals surface area contributed by atoms with Gasteiger partial charge in [-0.25, -0.2) is 19.6 Å². The van der Waals surface area contributed by atoms with Gasteiger partial charge in [-0.3, -0.25) is 19.2 Å². The first-order chi connectivity index (χ1) is 21.8. The number of benzene rings is 1. The molecule has 2 N–H and O–H groups in total. The molecule has 0 aliphatic carbocycles. The van der Waals surface area contributed by atoms with Crippen LogP contribution in [0.15, 0.2) is 43.1 Å². The summed E-state index contributed by atoms with van der Waals surface area (Å²) >= 11 is 12.9. The zero-order chi connectivity index (χ0) is 34.7. The average molecular weight is 726 g/mol. The summed E-state index contributed by atoms with van der Waals surface area (Å²) in [5, 5.41) is 8.72. The lowest BCUT2D eigenvalue weighted by Gasteiger charge is -2.46. The van der Waals surface area contributed by atoms with E-state index in [2.05, 4.69) is 69.1 Å². The Labute approximate surface area is 284 Å². The molecule has 1 aliphatic rings. The Kier molecular flexibility index (Phi) is 11.3. The predicted octanol–water partition coefficient (Wildman–Crippen LogP) is 4.82. The summed E-state index contributed by atoms with van der Waals surface area (Å²) in [5.74, 6) is 0.158. The summed E-state index contributed by atoms with van der Waals surface area (Å²) < 4.78 is 40.2. The van der Waals surface area contributed by atoms with Crippen LogP contribution in [0.3, 0.4) is 0 Å². The lowest BCUT2D eigenvalue weighted by atomic mass is 10.1. The van der Waals surface area contributed by atoms with E-state index in [1.165, 1.54) is 17.2 Å². The fraction of sp³-hybridized carbons (Fsp3) is 0.448. The van der Waals surface area contributed by atoms with Crippen LogP contribution in [-0.2, 0) is 19.3 Å². The molecule has 5 rings (SSSR count). The van der Waals surface area contributed by atoms with Gasteiger partial charge in [-0.1, -0.05) is 50.0 Å². The van der Waals surface area contributed by atoms with Crippen LogP contribution in [0.2, 0.25) is 28.2 Å². The molecule has 0 saturated carbocycles. The molecule has 1 fully saturated rings. The van der Waals surface area contributed by atoms with Crippen LogP contribution < -0.4 is 10.1 Å². The van der Waals surface area contributed by atoms with Crippen molar-refractivity contribution in [3.8, 4) is 11.6 Å². The molecule has 0 radical (unpaired) electrons. The number of hydrogen-bond donors (Lipinski definition) is 2. The normalized spacial score (nSPS) is 15.0. The van der Waals surface area contributed by atoms with E-state index in [0.29, 0.717) is 58.5 Å². The minimum absolute atomic E-state index is 0.113. The number of likely N-dealkylation sites (tertiary alicyclic amines) is 1. The van der Waals surface area contributed by atoms with Gasteiger partial charge in [0.25, 0.3) is 16.0 Å². The molecule has 1 atom stereocenters. The van der Waals surface area contributed by atoms with Crippen molar-refractivity contribution >= 4 is 64.4 Å². The number of ether oxygens (including phenoxy) is 1. The molecule has 4 aromatic rings.